The monoisotopic (exact) mass is 1240 g/mol. The van der Waals surface area contributed by atoms with E-state index in [1.807, 2.05) is 75.5 Å². The summed E-state index contributed by atoms with van der Waals surface area (Å²) in [6, 6.07) is 4.40. The van der Waals surface area contributed by atoms with Crippen molar-refractivity contribution in [1.29, 1.82) is 10.5 Å². The van der Waals surface area contributed by atoms with Gasteiger partial charge in [-0.3, -0.25) is 0 Å². The van der Waals surface area contributed by atoms with E-state index in [-0.39, 0.29) is 28.7 Å². The minimum absolute atomic E-state index is 0.0972. The number of hydrogen-bond acceptors (Lipinski definition) is 8. The van der Waals surface area contributed by atoms with Gasteiger partial charge in [-0.15, -0.1) is 17.8 Å². The molecule has 0 spiro atoms. The molecule has 0 saturated heterocycles. The molecular weight excluding hydrogens is 1120 g/mol. The Bertz CT molecular complexity index is 1590. The molecule has 8 aliphatic carbocycles. The Morgan fingerprint density at radius 1 is 0.675 bits per heavy atom. The maximum Gasteiger partial charge on any atom is 0.397 e. The molecule has 0 aromatic heterocycles. The van der Waals surface area contributed by atoms with Crippen LogP contribution in [0.5, 0.6) is 0 Å². The van der Waals surface area contributed by atoms with Crippen molar-refractivity contribution >= 4 is 58.8 Å². The first kappa shape index (κ1) is 93.0. The van der Waals surface area contributed by atoms with Crippen LogP contribution >= 0.6 is 58.8 Å². The SMILES string of the molecule is CC#CC(C)(C)C.CC#CC(C)C.CC1(C#N)CC1.CC1(C)CC1.CC1(F)CC1.CC1(N)CC1.CC1CC1.CCSC.CSC.CSC(C)(C)C.CSC(C)C.CSCC(F)(F)F.C[C@@H]1CC1F.C[C@H]1CC1(F)F.C[C@H]1CC1C#N. The second kappa shape index (κ2) is 49.4. The molecule has 5 atom stereocenters. The molecule has 0 amide bonds. The fourth-order valence-corrected chi connectivity index (χ4v) is 3.37. The van der Waals surface area contributed by atoms with Crippen molar-refractivity contribution in [1.82, 2.24) is 0 Å². The van der Waals surface area contributed by atoms with Gasteiger partial charge in [0.1, 0.15) is 11.8 Å². The number of hydrogen-bond donors (Lipinski definition) is 1. The Labute approximate surface area is 514 Å². The number of nitriles is 2. The zero-order chi connectivity index (χ0) is 65.0. The predicted octanol–water partition coefficient (Wildman–Crippen LogP) is 22.6. The Balaban J connectivity index is -0.000000143. The van der Waals surface area contributed by atoms with Crippen molar-refractivity contribution in [2.75, 3.05) is 49.0 Å². The molecule has 8 rings (SSSR count). The molecule has 0 radical (unpaired) electrons. The standard InChI is InChI=1S/C7H12.C6H10.2C5H7N.C5H12S.C5H10.C4H6F2.2C4H7F.C4H9N.C4H10S.C4H8.C3H5F3S.C3H8S.C2H6S/c1-5-6-7(2,3)4;1-4-5-6(2)3;1-4-2-5(4)3-6;1-5(4-6)2-3-5;1-5(2,3)6-4;1-5(2)3-4-5;1-3-2-4(3,5)6;1-4(5)2-3-4;1-3-2-4(3)5;1-4(5)2-3-4;1-4(2)5-3;1-4-2-3-4;1-7-2-3(4,5)6;1-3-4-2;1-3-2/h1-4H3;6H,1-3H3;4-5H,2H2,1H3;2-3H2,1H3;1-4H3;3-4H2,1-2H3;3H,2H2,1H3;2-3H2,1H3;3-4H,2H2,1H3;2-3,5H2,1H3;4H,1-3H3;4H,2-3H2,1H3;2H2,1H3;3H2,1-2H3;1-2H3/t;;4-,5?;;;;3-;;3-,4?;;;;;;/m..0...0.1....../s1. The lowest BCUT2D eigenvalue weighted by atomic mass is 9.98. The third kappa shape index (κ3) is 106. The number of halogens is 7. The summed E-state index contributed by atoms with van der Waals surface area (Å²) in [4.78, 5) is 0. The number of rotatable bonds is 3. The van der Waals surface area contributed by atoms with Crippen LogP contribution in [0.2, 0.25) is 0 Å². The largest absolute Gasteiger partial charge is 0.397 e. The van der Waals surface area contributed by atoms with Gasteiger partial charge in [0, 0.05) is 39.9 Å². The zero-order valence-electron chi connectivity index (χ0n) is 56.4. The van der Waals surface area contributed by atoms with E-state index in [0.717, 1.165) is 66.9 Å². The van der Waals surface area contributed by atoms with Gasteiger partial charge in [-0.25, -0.2) is 17.6 Å². The second-order valence-electron chi connectivity index (χ2n) is 25.9. The Morgan fingerprint density at radius 2 is 0.975 bits per heavy atom. The highest BCUT2D eigenvalue weighted by Gasteiger charge is 2.53. The van der Waals surface area contributed by atoms with Crippen LogP contribution in [0.1, 0.15) is 236 Å². The summed E-state index contributed by atoms with van der Waals surface area (Å²) in [7, 11) is 0. The highest BCUT2D eigenvalue weighted by atomic mass is 32.2. The van der Waals surface area contributed by atoms with E-state index < -0.39 is 29.7 Å². The molecule has 0 aromatic rings. The van der Waals surface area contributed by atoms with E-state index in [9.17, 15) is 30.7 Å². The number of alkyl halides is 7. The molecule has 0 heterocycles. The lowest BCUT2D eigenvalue weighted by molar-refractivity contribution is -0.105. The van der Waals surface area contributed by atoms with E-state index in [0.29, 0.717) is 28.4 Å². The molecule has 0 aromatic carbocycles. The van der Waals surface area contributed by atoms with Gasteiger partial charge >= 0.3 is 6.18 Å². The lowest BCUT2D eigenvalue weighted by Gasteiger charge is -2.12. The summed E-state index contributed by atoms with van der Waals surface area (Å²) in [5.74, 6) is 12.6. The van der Waals surface area contributed by atoms with Crippen molar-refractivity contribution in [2.24, 2.45) is 57.5 Å². The summed E-state index contributed by atoms with van der Waals surface area (Å²) >= 11 is 8.15. The van der Waals surface area contributed by atoms with Gasteiger partial charge in [0.05, 0.1) is 23.3 Å². The maximum absolute atomic E-state index is 11.8. The third-order valence-corrected chi connectivity index (χ3v) is 14.8. The quantitative estimate of drug-likeness (QED) is 0.221. The van der Waals surface area contributed by atoms with Gasteiger partial charge in [-0.05, 0) is 191 Å². The number of nitrogens with two attached hydrogens (primary N) is 1. The topological polar surface area (TPSA) is 73.6 Å². The molecule has 3 nitrogen and oxygen atoms in total. The third-order valence-electron chi connectivity index (χ3n) is 11.4. The fraction of sp³-hybridized carbons (Fsp3) is 0.908. The van der Waals surface area contributed by atoms with Gasteiger partial charge in [0.2, 0.25) is 0 Å². The minimum atomic E-state index is -3.99. The van der Waals surface area contributed by atoms with Crippen molar-refractivity contribution in [2.45, 2.75) is 275 Å². The molecule has 2 N–H and O–H groups in total. The number of thioether (sulfide) groups is 5. The van der Waals surface area contributed by atoms with Crippen molar-refractivity contribution in [3.05, 3.63) is 0 Å². The smallest absolute Gasteiger partial charge is 0.325 e. The molecule has 8 aliphatic rings. The average molecular weight is 1240 g/mol. The molecule has 8 saturated carbocycles. The fourth-order valence-electron chi connectivity index (χ4n) is 3.04. The van der Waals surface area contributed by atoms with Gasteiger partial charge < -0.3 is 5.73 Å². The van der Waals surface area contributed by atoms with E-state index in [1.165, 1.54) is 50.5 Å². The van der Waals surface area contributed by atoms with Crippen LogP contribution in [-0.4, -0.2) is 88.5 Å². The second-order valence-corrected chi connectivity index (χ2v) is 31.8. The first-order valence-corrected chi connectivity index (χ1v) is 35.7. The molecule has 2 unspecified atom stereocenters. The highest BCUT2D eigenvalue weighted by Crippen LogP contribution is 2.48. The molecule has 0 aliphatic heterocycles. The maximum atomic E-state index is 11.8. The van der Waals surface area contributed by atoms with E-state index in [2.05, 4.69) is 165 Å². The molecule has 80 heavy (non-hydrogen) atoms. The summed E-state index contributed by atoms with van der Waals surface area (Å²) in [6.07, 6.45) is 21.6. The van der Waals surface area contributed by atoms with Crippen LogP contribution in [0.3, 0.4) is 0 Å². The molecule has 0 bridgehead atoms. The molecule has 478 valence electrons. The predicted molar refractivity (Wildman–Crippen MR) is 356 cm³/mol. The normalized spacial score (nSPS) is 22.5. The highest BCUT2D eigenvalue weighted by molar-refractivity contribution is 8.00. The summed E-state index contributed by atoms with van der Waals surface area (Å²) in [5, 5.41) is 17.1. The van der Waals surface area contributed by atoms with Gasteiger partial charge in [0.25, 0.3) is 5.92 Å². The van der Waals surface area contributed by atoms with Crippen LogP contribution in [0, 0.1) is 98.1 Å². The van der Waals surface area contributed by atoms with Crippen LogP contribution in [-0.2, 0) is 0 Å². The van der Waals surface area contributed by atoms with Gasteiger partial charge in [-0.1, -0.05) is 116 Å². The Hall–Kier alpha value is -0.680. The summed E-state index contributed by atoms with van der Waals surface area (Å²) in [6.45, 7) is 45.5. The molecular formula is C65H124F7N3S5. The van der Waals surface area contributed by atoms with Crippen molar-refractivity contribution < 1.29 is 30.7 Å². The van der Waals surface area contributed by atoms with E-state index in [4.69, 9.17) is 16.3 Å². The Morgan fingerprint density at radius 3 is 0.975 bits per heavy atom. The average Bonchev–Trinajstić information content (AvgIpc) is 4.13. The lowest BCUT2D eigenvalue weighted by Crippen LogP contribution is -2.14. The number of nitrogens with zero attached hydrogens (tertiary/aromatic N) is 2. The molecule has 15 heteroatoms. The van der Waals surface area contributed by atoms with Crippen LogP contribution in [0.25, 0.3) is 0 Å². The van der Waals surface area contributed by atoms with Crippen LogP contribution < -0.4 is 5.73 Å². The zero-order valence-corrected chi connectivity index (χ0v) is 60.5. The first-order chi connectivity index (χ1) is 36.1. The van der Waals surface area contributed by atoms with Crippen LogP contribution in [0.15, 0.2) is 0 Å². The van der Waals surface area contributed by atoms with Gasteiger partial charge in [-0.2, -0.15) is 82.5 Å². The van der Waals surface area contributed by atoms with Crippen molar-refractivity contribution in [3.63, 3.8) is 0 Å². The first-order valence-electron chi connectivity index (χ1n) is 28.8. The summed E-state index contributed by atoms with van der Waals surface area (Å²) in [5.41, 5.74) is 6.00. The van der Waals surface area contributed by atoms with Crippen molar-refractivity contribution in [3.8, 4) is 35.8 Å². The molecule has 8 fully saturated rings. The van der Waals surface area contributed by atoms with E-state index >= 15 is 0 Å². The Kier molecular flexibility index (Phi) is 57.5. The minimum Gasteiger partial charge on any atom is -0.325 e. The summed E-state index contributed by atoms with van der Waals surface area (Å²) < 4.78 is 79.9. The van der Waals surface area contributed by atoms with E-state index in [1.54, 1.807) is 25.6 Å². The van der Waals surface area contributed by atoms with Crippen LogP contribution in [0.4, 0.5) is 30.7 Å². The van der Waals surface area contributed by atoms with Gasteiger partial charge in [0.15, 0.2) is 0 Å².